The number of para-hydroxylation sites is 1. The van der Waals surface area contributed by atoms with Crippen LogP contribution in [-0.4, -0.2) is 75.2 Å². The van der Waals surface area contributed by atoms with Crippen LogP contribution in [0.3, 0.4) is 0 Å². The molecule has 2 amide bonds. The molecule has 2 aromatic carbocycles. The lowest BCUT2D eigenvalue weighted by Gasteiger charge is -2.21. The minimum atomic E-state index is -0.296. The summed E-state index contributed by atoms with van der Waals surface area (Å²) in [7, 11) is 1.71. The number of carbonyl (C=O) groups excluding carboxylic acids is 1. The highest BCUT2D eigenvalue weighted by molar-refractivity contribution is 5.91. The minimum absolute atomic E-state index is 0.0778. The van der Waals surface area contributed by atoms with E-state index in [0.29, 0.717) is 29.5 Å². The Morgan fingerprint density at radius 3 is 2.55 bits per heavy atom. The first kappa shape index (κ1) is 27.4. The largest absolute Gasteiger partial charge is 0.388 e. The fraction of sp³-hybridized carbons (Fsp3) is 0.333. The summed E-state index contributed by atoms with van der Waals surface area (Å²) in [6.45, 7) is 6.77. The predicted octanol–water partition coefficient (Wildman–Crippen LogP) is 3.67. The molecule has 0 unspecified atom stereocenters. The van der Waals surface area contributed by atoms with E-state index < -0.39 is 0 Å². The first-order chi connectivity index (χ1) is 19.5. The van der Waals surface area contributed by atoms with Crippen LogP contribution in [0.4, 0.5) is 10.6 Å². The van der Waals surface area contributed by atoms with Gasteiger partial charge in [0.1, 0.15) is 18.1 Å². The van der Waals surface area contributed by atoms with Crippen molar-refractivity contribution in [2.24, 2.45) is 0 Å². The monoisotopic (exact) mass is 541 g/mol. The maximum Gasteiger partial charge on any atom is 0.320 e. The number of hydrogen-bond acceptors (Lipinski definition) is 7. The van der Waals surface area contributed by atoms with Crippen LogP contribution in [0.1, 0.15) is 28.4 Å². The molecule has 0 bridgehead atoms. The van der Waals surface area contributed by atoms with Crippen molar-refractivity contribution in [1.29, 1.82) is 0 Å². The van der Waals surface area contributed by atoms with Crippen LogP contribution in [0.2, 0.25) is 0 Å². The molecular formula is C30H35N7O3. The van der Waals surface area contributed by atoms with Crippen molar-refractivity contribution in [2.75, 3.05) is 38.7 Å². The van der Waals surface area contributed by atoms with Gasteiger partial charge in [0, 0.05) is 56.2 Å². The molecule has 10 heteroatoms. The quantitative estimate of drug-likeness (QED) is 0.296. The van der Waals surface area contributed by atoms with Crippen molar-refractivity contribution in [2.45, 2.75) is 32.4 Å². The molecule has 2 atom stereocenters. The number of benzene rings is 2. The third kappa shape index (κ3) is 6.04. The summed E-state index contributed by atoms with van der Waals surface area (Å²) in [5, 5.41) is 20.5. The van der Waals surface area contributed by atoms with E-state index in [4.69, 9.17) is 9.84 Å². The van der Waals surface area contributed by atoms with Gasteiger partial charge in [0.2, 0.25) is 0 Å². The molecule has 2 aromatic heterocycles. The average molecular weight is 542 g/mol. The van der Waals surface area contributed by atoms with Crippen LogP contribution in [0, 0.1) is 13.8 Å². The highest BCUT2D eigenvalue weighted by Gasteiger charge is 2.35. The van der Waals surface area contributed by atoms with Gasteiger partial charge in [0.15, 0.2) is 5.82 Å². The number of nitrogens with one attached hydrogen (secondary N) is 2. The summed E-state index contributed by atoms with van der Waals surface area (Å²) in [6.07, 6.45) is 3.26. The number of hydrogen-bond donors (Lipinski definition) is 3. The molecule has 1 aliphatic rings. The van der Waals surface area contributed by atoms with Crippen LogP contribution < -0.4 is 10.6 Å². The third-order valence-electron chi connectivity index (χ3n) is 7.27. The molecule has 5 rings (SSSR count). The second kappa shape index (κ2) is 12.4. The molecule has 10 nitrogen and oxygen atoms in total. The summed E-state index contributed by atoms with van der Waals surface area (Å²) < 4.78 is 7.03. The van der Waals surface area contributed by atoms with Crippen LogP contribution in [-0.2, 0) is 11.3 Å². The SMILES string of the molecule is COCCN1C[C@@H](NC(=O)Nc2c(C)c(-c3cnc(CO)nc3)nn2-c2ccccc2)[C@H](c2cccc(C)c2)C1. The van der Waals surface area contributed by atoms with Gasteiger partial charge in [-0.15, -0.1) is 0 Å². The number of urea groups is 1. The molecule has 3 heterocycles. The zero-order chi connectivity index (χ0) is 28.1. The summed E-state index contributed by atoms with van der Waals surface area (Å²) in [5.74, 6) is 1.05. The minimum Gasteiger partial charge on any atom is -0.388 e. The number of anilines is 1. The van der Waals surface area contributed by atoms with Crippen molar-refractivity contribution in [1.82, 2.24) is 30.0 Å². The molecule has 1 aliphatic heterocycles. The third-order valence-corrected chi connectivity index (χ3v) is 7.27. The first-order valence-electron chi connectivity index (χ1n) is 13.4. The Hall–Kier alpha value is -4.12. The van der Waals surface area contributed by atoms with E-state index in [9.17, 15) is 9.90 Å². The maximum absolute atomic E-state index is 13.5. The average Bonchev–Trinajstić information content (AvgIpc) is 3.52. The summed E-state index contributed by atoms with van der Waals surface area (Å²) >= 11 is 0. The van der Waals surface area contributed by atoms with E-state index in [0.717, 1.165) is 30.9 Å². The van der Waals surface area contributed by atoms with E-state index in [1.165, 1.54) is 11.1 Å². The Kier molecular flexibility index (Phi) is 8.49. The highest BCUT2D eigenvalue weighted by atomic mass is 16.5. The van der Waals surface area contributed by atoms with E-state index in [1.807, 2.05) is 37.3 Å². The number of aryl methyl sites for hydroxylation is 1. The standard InChI is InChI=1S/C30H35N7O3/c1-20-8-7-9-22(14-20)25-17-36(12-13-40-3)18-26(25)33-30(39)34-29-21(2)28(23-15-31-27(19-38)32-16-23)35-37(29)24-10-5-4-6-11-24/h4-11,14-16,25-26,38H,12-13,17-19H2,1-3H3,(H2,33,34,39)/t25-,26+/m0/s1. The summed E-state index contributed by atoms with van der Waals surface area (Å²) in [6, 6.07) is 17.8. The summed E-state index contributed by atoms with van der Waals surface area (Å²) in [4.78, 5) is 24.3. The maximum atomic E-state index is 13.5. The number of aromatic nitrogens is 4. The molecule has 40 heavy (non-hydrogen) atoms. The molecule has 208 valence electrons. The van der Waals surface area contributed by atoms with Gasteiger partial charge in [-0.2, -0.15) is 5.10 Å². The number of ether oxygens (including phenoxy) is 1. The van der Waals surface area contributed by atoms with Gasteiger partial charge >= 0.3 is 6.03 Å². The lowest BCUT2D eigenvalue weighted by Crippen LogP contribution is -2.42. The highest BCUT2D eigenvalue weighted by Crippen LogP contribution is 2.31. The van der Waals surface area contributed by atoms with Gasteiger partial charge in [-0.3, -0.25) is 10.2 Å². The Bertz CT molecular complexity index is 1440. The number of nitrogens with zero attached hydrogens (tertiary/aromatic N) is 5. The molecule has 1 saturated heterocycles. The van der Waals surface area contributed by atoms with Crippen molar-refractivity contribution >= 4 is 11.8 Å². The van der Waals surface area contributed by atoms with Crippen LogP contribution in [0.15, 0.2) is 67.0 Å². The van der Waals surface area contributed by atoms with Gasteiger partial charge in [-0.1, -0.05) is 48.0 Å². The molecule has 3 N–H and O–H groups in total. The number of likely N-dealkylation sites (tertiary alicyclic amines) is 1. The van der Waals surface area contributed by atoms with Crippen LogP contribution in [0.5, 0.6) is 0 Å². The molecule has 0 saturated carbocycles. The van der Waals surface area contributed by atoms with Gasteiger partial charge < -0.3 is 15.2 Å². The zero-order valence-corrected chi connectivity index (χ0v) is 23.0. The van der Waals surface area contributed by atoms with Crippen molar-refractivity contribution in [3.63, 3.8) is 0 Å². The number of carbonyl (C=O) groups is 1. The second-order valence-corrected chi connectivity index (χ2v) is 10.1. The van der Waals surface area contributed by atoms with Crippen molar-refractivity contribution in [3.8, 4) is 16.9 Å². The Morgan fingerprint density at radius 2 is 1.85 bits per heavy atom. The fourth-order valence-electron chi connectivity index (χ4n) is 5.22. The van der Waals surface area contributed by atoms with Gasteiger partial charge in [0.05, 0.1) is 18.3 Å². The van der Waals surface area contributed by atoms with Crippen LogP contribution in [0.25, 0.3) is 16.9 Å². The predicted molar refractivity (Wildman–Crippen MR) is 153 cm³/mol. The number of amides is 2. The molecule has 0 aliphatic carbocycles. The topological polar surface area (TPSA) is 117 Å². The molecular weight excluding hydrogens is 506 g/mol. The van der Waals surface area contributed by atoms with Gasteiger partial charge in [-0.05, 0) is 31.5 Å². The van der Waals surface area contributed by atoms with Crippen LogP contribution >= 0.6 is 0 Å². The lowest BCUT2D eigenvalue weighted by atomic mass is 9.93. The Morgan fingerprint density at radius 1 is 1.07 bits per heavy atom. The Labute approximate surface area is 234 Å². The van der Waals surface area contributed by atoms with Gasteiger partial charge in [-0.25, -0.2) is 19.4 Å². The summed E-state index contributed by atoms with van der Waals surface area (Å²) in [5.41, 5.74) is 5.34. The Balaban J connectivity index is 1.42. The van der Waals surface area contributed by atoms with E-state index in [-0.39, 0.29) is 24.6 Å². The van der Waals surface area contributed by atoms with Crippen molar-refractivity contribution in [3.05, 3.63) is 89.5 Å². The van der Waals surface area contributed by atoms with Crippen molar-refractivity contribution < 1.29 is 14.6 Å². The zero-order valence-electron chi connectivity index (χ0n) is 23.0. The number of methoxy groups -OCH3 is 1. The normalized spacial score (nSPS) is 17.2. The molecule has 0 spiro atoms. The van der Waals surface area contributed by atoms with E-state index in [1.54, 1.807) is 24.2 Å². The first-order valence-corrected chi connectivity index (χ1v) is 13.4. The van der Waals surface area contributed by atoms with Gasteiger partial charge in [0.25, 0.3) is 0 Å². The second-order valence-electron chi connectivity index (χ2n) is 10.1. The molecule has 0 radical (unpaired) electrons. The molecule has 4 aromatic rings. The fourth-order valence-corrected chi connectivity index (χ4v) is 5.22. The van der Waals surface area contributed by atoms with E-state index in [2.05, 4.69) is 56.7 Å². The lowest BCUT2D eigenvalue weighted by molar-refractivity contribution is 0.159. The molecule has 1 fully saturated rings. The number of aliphatic hydroxyl groups excluding tert-OH is 1. The smallest absolute Gasteiger partial charge is 0.320 e. The van der Waals surface area contributed by atoms with E-state index >= 15 is 0 Å². The number of aliphatic hydroxyl groups is 1. The number of rotatable bonds is 9.